The Kier molecular flexibility index (Phi) is 6.24. The number of aryl methyl sites for hydroxylation is 2. The molecule has 0 aliphatic carbocycles. The first-order valence-corrected chi connectivity index (χ1v) is 7.19. The molecule has 0 N–H and O–H groups in total. The molecule has 2 aromatic rings. The zero-order valence-electron chi connectivity index (χ0n) is 14.2. The minimum atomic E-state index is -6.92. The van der Waals surface area contributed by atoms with Crippen LogP contribution in [0.2, 0.25) is 0 Å². The van der Waals surface area contributed by atoms with Crippen molar-refractivity contribution < 1.29 is 61.3 Å². The van der Waals surface area contributed by atoms with Crippen LogP contribution in [-0.2, 0) is 20.0 Å². The molecule has 166 valence electrons. The monoisotopic (exact) mass is 452 g/mol. The molecule has 0 spiro atoms. The van der Waals surface area contributed by atoms with Gasteiger partial charge in [0.2, 0.25) is 0 Å². The van der Waals surface area contributed by atoms with Gasteiger partial charge in [-0.1, -0.05) is 12.1 Å². The Labute approximate surface area is 153 Å². The van der Waals surface area contributed by atoms with Gasteiger partial charge in [0.05, 0.1) is 14.1 Å². The Bertz CT molecular complexity index is 821. The van der Waals surface area contributed by atoms with Crippen molar-refractivity contribution in [3.8, 4) is 0 Å². The fourth-order valence-corrected chi connectivity index (χ4v) is 2.42. The molecule has 0 saturated heterocycles. The number of hydrogen-bond donors (Lipinski definition) is 0. The molecule has 1 heterocycles. The van der Waals surface area contributed by atoms with Gasteiger partial charge in [-0.3, -0.25) is 0 Å². The topological polar surface area (TPSA) is 8.81 Å². The lowest BCUT2D eigenvalue weighted by atomic mass is 10.0. The number of halogens is 13. The maximum absolute atomic E-state index is 14.1. The van der Waals surface area contributed by atoms with Crippen molar-refractivity contribution in [2.24, 2.45) is 14.1 Å². The highest BCUT2D eigenvalue weighted by molar-refractivity contribution is 6.50. The van der Waals surface area contributed by atoms with Gasteiger partial charge in [-0.05, 0) is 12.1 Å². The summed E-state index contributed by atoms with van der Waals surface area (Å²) in [6.45, 7) is 0. The molecule has 1 aromatic heterocycles. The second kappa shape index (κ2) is 7.27. The van der Waals surface area contributed by atoms with Crippen molar-refractivity contribution in [2.75, 3.05) is 0 Å². The molecule has 2 rings (SSSR count). The van der Waals surface area contributed by atoms with Gasteiger partial charge in [0.1, 0.15) is 0 Å². The largest absolute Gasteiger partial charge is 0.673 e. The first kappa shape index (κ1) is 24.9. The van der Waals surface area contributed by atoms with E-state index in [1.807, 2.05) is 0 Å². The predicted octanol–water partition coefficient (Wildman–Crippen LogP) is 5.23. The molecule has 0 fully saturated rings. The van der Waals surface area contributed by atoms with Crippen LogP contribution in [0.25, 0.3) is 11.0 Å². The Hall–Kier alpha value is -2.16. The minimum Gasteiger partial charge on any atom is -0.418 e. The molecular formula is C13H10BF13N2. The number of para-hydroxylation sites is 2. The highest BCUT2D eigenvalue weighted by atomic mass is 19.5. The summed E-state index contributed by atoms with van der Waals surface area (Å²) in [5.41, 5.74) is -0.0819. The van der Waals surface area contributed by atoms with Crippen LogP contribution in [0.5, 0.6) is 0 Å². The summed E-state index contributed by atoms with van der Waals surface area (Å²) in [5.74, 6) is -21.1. The Balaban J connectivity index is 0.000000749. The van der Waals surface area contributed by atoms with E-state index >= 15 is 0 Å². The average Bonchev–Trinajstić information content (AvgIpc) is 2.76. The number of alkyl halides is 9. The molecule has 0 radical (unpaired) electrons. The second-order valence-electron chi connectivity index (χ2n) is 5.65. The van der Waals surface area contributed by atoms with Crippen LogP contribution in [0, 0.1) is 0 Å². The Morgan fingerprint density at radius 1 is 0.793 bits per heavy atom. The summed E-state index contributed by atoms with van der Waals surface area (Å²) >= 11 is 0. The zero-order valence-corrected chi connectivity index (χ0v) is 14.2. The Morgan fingerprint density at radius 2 is 1.21 bits per heavy atom. The number of fused-ring (bicyclic) bond motifs is 1. The highest BCUT2D eigenvalue weighted by Crippen LogP contribution is 2.56. The maximum atomic E-state index is 14.1. The van der Waals surface area contributed by atoms with Crippen LogP contribution < -0.4 is 4.57 Å². The molecule has 29 heavy (non-hydrogen) atoms. The quantitative estimate of drug-likeness (QED) is 0.343. The number of hydrogen-bond acceptors (Lipinski definition) is 0. The van der Waals surface area contributed by atoms with Gasteiger partial charge in [0, 0.05) is 0 Å². The number of aromatic nitrogens is 2. The van der Waals surface area contributed by atoms with Gasteiger partial charge in [-0.15, -0.1) is 0 Å². The summed E-state index contributed by atoms with van der Waals surface area (Å²) in [7, 11) is -4.26. The van der Waals surface area contributed by atoms with E-state index in [4.69, 9.17) is 0 Å². The van der Waals surface area contributed by atoms with E-state index in [0.717, 1.165) is 14.1 Å². The van der Waals surface area contributed by atoms with Gasteiger partial charge in [0.25, 0.3) is 0 Å². The van der Waals surface area contributed by atoms with E-state index in [0.29, 0.717) is 9.13 Å². The van der Waals surface area contributed by atoms with E-state index in [9.17, 15) is 56.8 Å². The fourth-order valence-electron chi connectivity index (χ4n) is 2.42. The second-order valence-corrected chi connectivity index (χ2v) is 5.65. The number of imidazole rings is 1. The molecule has 1 aromatic carbocycles. The molecule has 0 saturated carbocycles. The average molecular weight is 452 g/mol. The summed E-state index contributed by atoms with van der Waals surface area (Å²) in [5, 5.41) is 0. The van der Waals surface area contributed by atoms with E-state index in [2.05, 4.69) is 0 Å². The van der Waals surface area contributed by atoms with Crippen LogP contribution in [0.3, 0.4) is 0 Å². The molecule has 0 unspecified atom stereocenters. The van der Waals surface area contributed by atoms with Crippen LogP contribution >= 0.6 is 0 Å². The smallest absolute Gasteiger partial charge is 0.418 e. The van der Waals surface area contributed by atoms with Crippen LogP contribution in [0.15, 0.2) is 24.3 Å². The fraction of sp³-hybridized carbons (Fsp3) is 0.462. The molecule has 0 bridgehead atoms. The third kappa shape index (κ3) is 4.39. The standard InChI is InChI=1S/C13H10F9N2.BF4/c1-23-7-5-3-4-6-8(7)24(2)9(23)10(14,15)11(16,17)12(18,19)13(20,21)22;2-1(3,4)5/h3-6H,1-2H3;/q+1;-1. The summed E-state index contributed by atoms with van der Waals surface area (Å²) in [6, 6.07) is 5.20. The lowest BCUT2D eigenvalue weighted by Crippen LogP contribution is -2.62. The van der Waals surface area contributed by atoms with Gasteiger partial charge >= 0.3 is 37.0 Å². The van der Waals surface area contributed by atoms with Gasteiger partial charge in [-0.2, -0.15) is 39.5 Å². The first-order valence-electron chi connectivity index (χ1n) is 7.19. The third-order valence-corrected chi connectivity index (χ3v) is 3.67. The summed E-state index contributed by atoms with van der Waals surface area (Å²) < 4.78 is 158. The SMILES string of the molecule is Cn1c(C(F)(F)C(F)(F)C(F)(F)C(F)(F)F)[n+](C)c2ccccc21.F[B-](F)(F)F. The van der Waals surface area contributed by atoms with Crippen molar-refractivity contribution in [3.05, 3.63) is 30.1 Å². The van der Waals surface area contributed by atoms with E-state index < -0.39 is 37.0 Å². The van der Waals surface area contributed by atoms with Crippen molar-refractivity contribution in [3.63, 3.8) is 0 Å². The zero-order chi connectivity index (χ0) is 23.2. The highest BCUT2D eigenvalue weighted by Gasteiger charge is 2.84. The third-order valence-electron chi connectivity index (χ3n) is 3.67. The van der Waals surface area contributed by atoms with Crippen molar-refractivity contribution in [1.29, 1.82) is 0 Å². The van der Waals surface area contributed by atoms with Crippen molar-refractivity contribution in [2.45, 2.75) is 23.9 Å². The molecule has 2 nitrogen and oxygen atoms in total. The lowest BCUT2D eigenvalue weighted by molar-refractivity contribution is -0.668. The number of benzene rings is 1. The van der Waals surface area contributed by atoms with Gasteiger partial charge in [0.15, 0.2) is 11.0 Å². The summed E-state index contributed by atoms with van der Waals surface area (Å²) in [4.78, 5) is 0. The van der Waals surface area contributed by atoms with Gasteiger partial charge < -0.3 is 17.3 Å². The first-order chi connectivity index (χ1) is 12.7. The number of rotatable bonds is 3. The molecule has 0 aliphatic heterocycles. The normalized spacial score (nSPS) is 14.0. The molecule has 0 atom stereocenters. The van der Waals surface area contributed by atoms with Crippen molar-refractivity contribution in [1.82, 2.24) is 4.57 Å². The maximum Gasteiger partial charge on any atom is 0.673 e. The summed E-state index contributed by atoms with van der Waals surface area (Å²) in [6.07, 6.45) is -6.84. The van der Waals surface area contributed by atoms with E-state index in [1.165, 1.54) is 24.3 Å². The van der Waals surface area contributed by atoms with Crippen LogP contribution in [-0.4, -0.2) is 29.8 Å². The van der Waals surface area contributed by atoms with E-state index in [1.54, 1.807) is 0 Å². The van der Waals surface area contributed by atoms with Crippen LogP contribution in [0.4, 0.5) is 56.8 Å². The molecular weight excluding hydrogens is 442 g/mol. The van der Waals surface area contributed by atoms with Crippen molar-refractivity contribution >= 4 is 18.3 Å². The lowest BCUT2D eigenvalue weighted by Gasteiger charge is -2.31. The van der Waals surface area contributed by atoms with Crippen LogP contribution in [0.1, 0.15) is 5.82 Å². The van der Waals surface area contributed by atoms with Gasteiger partial charge in [-0.25, -0.2) is 9.13 Å². The van der Waals surface area contributed by atoms with E-state index in [-0.39, 0.29) is 11.0 Å². The minimum absolute atomic E-state index is 0.0409. The molecule has 0 aliphatic rings. The molecule has 16 heteroatoms. The molecule has 0 amide bonds. The predicted molar refractivity (Wildman–Crippen MR) is 74.1 cm³/mol. The Morgan fingerprint density at radius 3 is 1.59 bits per heavy atom. The number of nitrogens with zero attached hydrogens (tertiary/aromatic N) is 2.